The Bertz CT molecular complexity index is 448. The number of pyridine rings is 1. The second kappa shape index (κ2) is 4.41. The first-order valence-electron chi connectivity index (χ1n) is 4.18. The molecular formula is C9H8NO5-. The van der Waals surface area contributed by atoms with Gasteiger partial charge in [-0.1, -0.05) is 0 Å². The summed E-state index contributed by atoms with van der Waals surface area (Å²) in [6, 6.07) is 2.16. The summed E-state index contributed by atoms with van der Waals surface area (Å²) in [6.45, 7) is 1.79. The van der Waals surface area contributed by atoms with Crippen molar-refractivity contribution >= 4 is 11.9 Å². The lowest BCUT2D eigenvalue weighted by atomic mass is 10.2. The number of aromatic carboxylic acids is 1. The Morgan fingerprint density at radius 3 is 2.60 bits per heavy atom. The largest absolute Gasteiger partial charge is 0.545 e. The van der Waals surface area contributed by atoms with Crippen LogP contribution in [-0.2, 0) is 4.74 Å². The van der Waals surface area contributed by atoms with Crippen molar-refractivity contribution in [2.75, 3.05) is 6.61 Å². The summed E-state index contributed by atoms with van der Waals surface area (Å²) in [5, 5.41) is 10.4. The monoisotopic (exact) mass is 210 g/mol. The van der Waals surface area contributed by atoms with Crippen molar-refractivity contribution in [2.24, 2.45) is 0 Å². The van der Waals surface area contributed by atoms with Crippen LogP contribution in [0.3, 0.4) is 0 Å². The van der Waals surface area contributed by atoms with Crippen molar-refractivity contribution in [2.45, 2.75) is 6.92 Å². The summed E-state index contributed by atoms with van der Waals surface area (Å²) in [7, 11) is 0. The van der Waals surface area contributed by atoms with E-state index in [-0.39, 0.29) is 12.3 Å². The minimum atomic E-state index is -1.59. The van der Waals surface area contributed by atoms with Crippen LogP contribution in [0, 0.1) is 0 Å². The van der Waals surface area contributed by atoms with Gasteiger partial charge in [0, 0.05) is 0 Å². The molecule has 0 atom stereocenters. The molecule has 0 aliphatic carbocycles. The number of carboxylic acid groups (broad SMARTS) is 1. The normalized spacial score (nSPS) is 9.67. The van der Waals surface area contributed by atoms with Crippen molar-refractivity contribution in [3.63, 3.8) is 0 Å². The highest BCUT2D eigenvalue weighted by Crippen LogP contribution is 1.97. The van der Waals surface area contributed by atoms with Gasteiger partial charge in [0.15, 0.2) is 0 Å². The summed E-state index contributed by atoms with van der Waals surface area (Å²) in [4.78, 5) is 34.7. The van der Waals surface area contributed by atoms with Crippen LogP contribution in [0.1, 0.15) is 27.8 Å². The van der Waals surface area contributed by atoms with Crippen LogP contribution in [-0.4, -0.2) is 23.5 Å². The fraction of sp³-hybridized carbons (Fsp3) is 0.222. The lowest BCUT2D eigenvalue weighted by molar-refractivity contribution is -0.255. The van der Waals surface area contributed by atoms with Crippen molar-refractivity contribution in [1.82, 2.24) is 4.98 Å². The number of carbonyl (C=O) groups excluding carboxylic acids is 2. The number of aromatic nitrogens is 1. The molecule has 80 valence electrons. The molecule has 0 aliphatic rings. The minimum Gasteiger partial charge on any atom is -0.545 e. The number of carbonyl (C=O) groups is 2. The number of esters is 1. The molecule has 0 radical (unpaired) electrons. The fourth-order valence-electron chi connectivity index (χ4n) is 0.962. The standard InChI is InChI=1S/C9H9NO5/c1-2-15-9(14)6-4-3-5(8(12)13)7(11)10-6/h3-4H,2H2,1H3,(H,10,11)(H,12,13)/p-1. The highest BCUT2D eigenvalue weighted by molar-refractivity contribution is 5.89. The minimum absolute atomic E-state index is 0.0909. The zero-order chi connectivity index (χ0) is 11.4. The Kier molecular flexibility index (Phi) is 3.22. The van der Waals surface area contributed by atoms with Crippen molar-refractivity contribution in [3.8, 4) is 0 Å². The predicted molar refractivity (Wildman–Crippen MR) is 47.3 cm³/mol. The number of hydrogen-bond acceptors (Lipinski definition) is 5. The molecule has 15 heavy (non-hydrogen) atoms. The molecule has 0 saturated heterocycles. The van der Waals surface area contributed by atoms with Crippen molar-refractivity contribution in [1.29, 1.82) is 0 Å². The molecule has 0 bridgehead atoms. The van der Waals surface area contributed by atoms with Gasteiger partial charge in [0.1, 0.15) is 5.69 Å². The second-order valence-electron chi connectivity index (χ2n) is 2.62. The molecule has 0 aromatic carbocycles. The van der Waals surface area contributed by atoms with Gasteiger partial charge in [0.25, 0.3) is 5.56 Å². The predicted octanol–water partition coefficient (Wildman–Crippen LogP) is -1.08. The van der Waals surface area contributed by atoms with Crippen LogP contribution in [0.4, 0.5) is 0 Å². The summed E-state index contributed by atoms with van der Waals surface area (Å²) in [6.07, 6.45) is 0. The number of ether oxygens (including phenoxy) is 1. The third kappa shape index (κ3) is 2.43. The molecule has 1 heterocycles. The average molecular weight is 210 g/mol. The smallest absolute Gasteiger partial charge is 0.354 e. The van der Waals surface area contributed by atoms with Crippen molar-refractivity contribution in [3.05, 3.63) is 33.7 Å². The third-order valence-corrected chi connectivity index (χ3v) is 1.62. The van der Waals surface area contributed by atoms with E-state index < -0.39 is 23.1 Å². The lowest BCUT2D eigenvalue weighted by Crippen LogP contribution is -2.30. The molecule has 0 fully saturated rings. The number of hydrogen-bond donors (Lipinski definition) is 1. The molecule has 1 rings (SSSR count). The van der Waals surface area contributed by atoms with Gasteiger partial charge >= 0.3 is 5.97 Å². The molecule has 0 unspecified atom stereocenters. The highest BCUT2D eigenvalue weighted by atomic mass is 16.5. The van der Waals surface area contributed by atoms with Gasteiger partial charge in [0.2, 0.25) is 0 Å². The van der Waals surface area contributed by atoms with Crippen LogP contribution >= 0.6 is 0 Å². The molecule has 6 nitrogen and oxygen atoms in total. The number of nitrogens with one attached hydrogen (secondary N) is 1. The lowest BCUT2D eigenvalue weighted by Gasteiger charge is -2.03. The molecule has 1 aromatic heterocycles. The van der Waals surface area contributed by atoms with Crippen molar-refractivity contribution < 1.29 is 19.4 Å². The SMILES string of the molecule is CCOC(=O)c1ccc(C(=O)[O-])c(=O)[nH]1. The van der Waals surface area contributed by atoms with Gasteiger partial charge in [-0.15, -0.1) is 0 Å². The maximum absolute atomic E-state index is 11.1. The van der Waals surface area contributed by atoms with E-state index in [4.69, 9.17) is 0 Å². The van der Waals surface area contributed by atoms with Gasteiger partial charge in [-0.2, -0.15) is 0 Å². The van der Waals surface area contributed by atoms with Crippen LogP contribution in [0.2, 0.25) is 0 Å². The van der Waals surface area contributed by atoms with E-state index in [1.165, 1.54) is 0 Å². The van der Waals surface area contributed by atoms with Gasteiger partial charge in [-0.3, -0.25) is 4.79 Å². The molecule has 0 saturated carbocycles. The Labute approximate surface area is 84.5 Å². The van der Waals surface area contributed by atoms with Gasteiger partial charge < -0.3 is 19.6 Å². The van der Waals surface area contributed by atoms with E-state index >= 15 is 0 Å². The van der Waals surface area contributed by atoms with Gasteiger partial charge in [-0.05, 0) is 19.1 Å². The van der Waals surface area contributed by atoms with Crippen LogP contribution in [0.5, 0.6) is 0 Å². The molecule has 1 N–H and O–H groups in total. The van der Waals surface area contributed by atoms with Crippen LogP contribution in [0.15, 0.2) is 16.9 Å². The maximum Gasteiger partial charge on any atom is 0.354 e. The molecule has 1 aromatic rings. The average Bonchev–Trinajstić information content (AvgIpc) is 2.17. The van der Waals surface area contributed by atoms with Gasteiger partial charge in [0.05, 0.1) is 18.1 Å². The zero-order valence-corrected chi connectivity index (χ0v) is 7.90. The summed E-state index contributed by atoms with van der Waals surface area (Å²) in [5.41, 5.74) is -1.50. The quantitative estimate of drug-likeness (QED) is 0.639. The van der Waals surface area contributed by atoms with Crippen LogP contribution in [0.25, 0.3) is 0 Å². The van der Waals surface area contributed by atoms with E-state index in [1.54, 1.807) is 6.92 Å². The Morgan fingerprint density at radius 2 is 2.13 bits per heavy atom. The van der Waals surface area contributed by atoms with Gasteiger partial charge in [-0.25, -0.2) is 4.79 Å². The first-order chi connectivity index (χ1) is 7.06. The Hall–Kier alpha value is -2.11. The van der Waals surface area contributed by atoms with E-state index in [1.807, 2.05) is 0 Å². The first kappa shape index (κ1) is 11.0. The summed E-state index contributed by atoms with van der Waals surface area (Å²) in [5.74, 6) is -2.30. The van der Waals surface area contributed by atoms with E-state index in [2.05, 4.69) is 9.72 Å². The topological polar surface area (TPSA) is 99.3 Å². The number of aromatic amines is 1. The number of H-pyrrole nitrogens is 1. The second-order valence-corrected chi connectivity index (χ2v) is 2.62. The molecule has 0 spiro atoms. The Balaban J connectivity index is 3.07. The molecule has 6 heteroatoms. The van der Waals surface area contributed by atoms with Crippen LogP contribution < -0.4 is 10.7 Å². The third-order valence-electron chi connectivity index (χ3n) is 1.62. The molecule has 0 aliphatic heterocycles. The van der Waals surface area contributed by atoms with E-state index in [0.29, 0.717) is 0 Å². The number of carboxylic acids is 1. The first-order valence-corrected chi connectivity index (χ1v) is 4.18. The number of rotatable bonds is 3. The highest BCUT2D eigenvalue weighted by Gasteiger charge is 2.09. The zero-order valence-electron chi connectivity index (χ0n) is 7.90. The van der Waals surface area contributed by atoms with E-state index in [0.717, 1.165) is 12.1 Å². The fourth-order valence-corrected chi connectivity index (χ4v) is 0.962. The Morgan fingerprint density at radius 1 is 1.47 bits per heavy atom. The summed E-state index contributed by atoms with van der Waals surface area (Å²) < 4.78 is 4.61. The summed E-state index contributed by atoms with van der Waals surface area (Å²) >= 11 is 0. The maximum atomic E-state index is 11.1. The molecule has 0 amide bonds. The molecular weight excluding hydrogens is 202 g/mol. The van der Waals surface area contributed by atoms with E-state index in [9.17, 15) is 19.5 Å².